The summed E-state index contributed by atoms with van der Waals surface area (Å²) in [7, 11) is 0. The minimum absolute atomic E-state index is 0.0155. The SMILES string of the molecule is CCOc1ccc(N)c(C)c1C(C)=O. The van der Waals surface area contributed by atoms with Crippen LogP contribution in [0.25, 0.3) is 0 Å². The number of benzene rings is 1. The zero-order valence-electron chi connectivity index (χ0n) is 8.76. The maximum Gasteiger partial charge on any atom is 0.163 e. The van der Waals surface area contributed by atoms with Gasteiger partial charge in [-0.3, -0.25) is 4.79 Å². The topological polar surface area (TPSA) is 52.3 Å². The van der Waals surface area contributed by atoms with E-state index in [1.54, 1.807) is 12.1 Å². The second kappa shape index (κ2) is 4.13. The van der Waals surface area contributed by atoms with Gasteiger partial charge in [0.25, 0.3) is 0 Å². The van der Waals surface area contributed by atoms with Gasteiger partial charge < -0.3 is 10.5 Å². The van der Waals surface area contributed by atoms with E-state index in [0.717, 1.165) is 5.56 Å². The Kier molecular flexibility index (Phi) is 3.12. The molecule has 0 amide bonds. The van der Waals surface area contributed by atoms with E-state index in [1.807, 2.05) is 13.8 Å². The molecule has 76 valence electrons. The van der Waals surface area contributed by atoms with Crippen LogP contribution >= 0.6 is 0 Å². The Morgan fingerprint density at radius 1 is 1.50 bits per heavy atom. The predicted octanol–water partition coefficient (Wildman–Crippen LogP) is 2.18. The summed E-state index contributed by atoms with van der Waals surface area (Å²) < 4.78 is 5.36. The third kappa shape index (κ3) is 1.87. The molecular formula is C11H15NO2. The van der Waals surface area contributed by atoms with Gasteiger partial charge in [-0.2, -0.15) is 0 Å². The zero-order chi connectivity index (χ0) is 10.7. The van der Waals surface area contributed by atoms with Crippen LogP contribution in [-0.4, -0.2) is 12.4 Å². The van der Waals surface area contributed by atoms with Gasteiger partial charge in [-0.1, -0.05) is 0 Å². The molecular weight excluding hydrogens is 178 g/mol. The van der Waals surface area contributed by atoms with Crippen LogP contribution in [0.3, 0.4) is 0 Å². The quantitative estimate of drug-likeness (QED) is 0.591. The van der Waals surface area contributed by atoms with E-state index in [1.165, 1.54) is 6.92 Å². The first kappa shape index (κ1) is 10.6. The summed E-state index contributed by atoms with van der Waals surface area (Å²) in [6.07, 6.45) is 0. The van der Waals surface area contributed by atoms with Crippen molar-refractivity contribution in [1.29, 1.82) is 0 Å². The number of ketones is 1. The fourth-order valence-corrected chi connectivity index (χ4v) is 1.42. The second-order valence-electron chi connectivity index (χ2n) is 3.14. The normalized spacial score (nSPS) is 9.93. The van der Waals surface area contributed by atoms with Gasteiger partial charge in [0.15, 0.2) is 5.78 Å². The number of nitrogen functional groups attached to an aromatic ring is 1. The van der Waals surface area contributed by atoms with Crippen molar-refractivity contribution in [3.63, 3.8) is 0 Å². The molecule has 0 unspecified atom stereocenters. The first-order chi connectivity index (χ1) is 6.57. The van der Waals surface area contributed by atoms with Gasteiger partial charge in [0.2, 0.25) is 0 Å². The first-order valence-electron chi connectivity index (χ1n) is 4.60. The van der Waals surface area contributed by atoms with Gasteiger partial charge in [-0.15, -0.1) is 0 Å². The lowest BCUT2D eigenvalue weighted by Gasteiger charge is -2.12. The maximum absolute atomic E-state index is 11.4. The van der Waals surface area contributed by atoms with Crippen LogP contribution in [0, 0.1) is 6.92 Å². The van der Waals surface area contributed by atoms with Crippen LogP contribution in [0.15, 0.2) is 12.1 Å². The van der Waals surface area contributed by atoms with Crippen LogP contribution in [-0.2, 0) is 0 Å². The standard InChI is InChI=1S/C11H15NO2/c1-4-14-10-6-5-9(12)7(2)11(10)8(3)13/h5-6H,4,12H2,1-3H3. The van der Waals surface area contributed by atoms with Crippen molar-refractivity contribution >= 4 is 11.5 Å². The van der Waals surface area contributed by atoms with Gasteiger partial charge in [0.05, 0.1) is 12.2 Å². The number of anilines is 1. The van der Waals surface area contributed by atoms with Gasteiger partial charge in [-0.05, 0) is 38.5 Å². The first-order valence-corrected chi connectivity index (χ1v) is 4.60. The molecule has 2 N–H and O–H groups in total. The monoisotopic (exact) mass is 193 g/mol. The van der Waals surface area contributed by atoms with E-state index < -0.39 is 0 Å². The van der Waals surface area contributed by atoms with Crippen LogP contribution in [0.1, 0.15) is 29.8 Å². The second-order valence-corrected chi connectivity index (χ2v) is 3.14. The lowest BCUT2D eigenvalue weighted by Crippen LogP contribution is -2.05. The number of hydrogen-bond acceptors (Lipinski definition) is 3. The molecule has 0 bridgehead atoms. The minimum atomic E-state index is -0.0155. The van der Waals surface area contributed by atoms with Crippen LogP contribution in [0.4, 0.5) is 5.69 Å². The van der Waals surface area contributed by atoms with Crippen LogP contribution < -0.4 is 10.5 Å². The van der Waals surface area contributed by atoms with Gasteiger partial charge >= 0.3 is 0 Å². The number of carbonyl (C=O) groups excluding carboxylic acids is 1. The van der Waals surface area contributed by atoms with E-state index in [4.69, 9.17) is 10.5 Å². The van der Waals surface area contributed by atoms with E-state index in [9.17, 15) is 4.79 Å². The molecule has 0 aromatic heterocycles. The number of nitrogens with two attached hydrogens (primary N) is 1. The van der Waals surface area contributed by atoms with E-state index in [-0.39, 0.29) is 5.78 Å². The highest BCUT2D eigenvalue weighted by molar-refractivity contribution is 5.99. The van der Waals surface area contributed by atoms with Gasteiger partial charge in [0, 0.05) is 5.69 Å². The largest absolute Gasteiger partial charge is 0.493 e. The van der Waals surface area contributed by atoms with Crippen molar-refractivity contribution in [3.05, 3.63) is 23.3 Å². The highest BCUT2D eigenvalue weighted by Gasteiger charge is 2.13. The smallest absolute Gasteiger partial charge is 0.163 e. The molecule has 0 fully saturated rings. The molecule has 0 aliphatic heterocycles. The van der Waals surface area contributed by atoms with Crippen molar-refractivity contribution in [2.75, 3.05) is 12.3 Å². The molecule has 0 atom stereocenters. The fourth-order valence-electron chi connectivity index (χ4n) is 1.42. The minimum Gasteiger partial charge on any atom is -0.493 e. The molecule has 14 heavy (non-hydrogen) atoms. The summed E-state index contributed by atoms with van der Waals surface area (Å²) in [4.78, 5) is 11.4. The summed E-state index contributed by atoms with van der Waals surface area (Å²) in [6, 6.07) is 3.50. The summed E-state index contributed by atoms with van der Waals surface area (Å²) in [5.74, 6) is 0.602. The average Bonchev–Trinajstić information content (AvgIpc) is 2.11. The Morgan fingerprint density at radius 2 is 2.14 bits per heavy atom. The van der Waals surface area contributed by atoms with Crippen LogP contribution in [0.5, 0.6) is 5.75 Å². The summed E-state index contributed by atoms with van der Waals surface area (Å²) in [6.45, 7) is 5.78. The Bertz CT molecular complexity index is 359. The molecule has 0 aliphatic carbocycles. The third-order valence-corrected chi connectivity index (χ3v) is 2.12. The highest BCUT2D eigenvalue weighted by Crippen LogP contribution is 2.26. The average molecular weight is 193 g/mol. The third-order valence-electron chi connectivity index (χ3n) is 2.12. The molecule has 0 saturated carbocycles. The number of hydrogen-bond donors (Lipinski definition) is 1. The Balaban J connectivity index is 3.30. The zero-order valence-corrected chi connectivity index (χ0v) is 8.76. The lowest BCUT2D eigenvalue weighted by atomic mass is 10.0. The summed E-state index contributed by atoms with van der Waals surface area (Å²) in [5.41, 5.74) is 7.72. The summed E-state index contributed by atoms with van der Waals surface area (Å²) in [5, 5.41) is 0. The van der Waals surface area contributed by atoms with E-state index in [0.29, 0.717) is 23.6 Å². The number of carbonyl (C=O) groups is 1. The predicted molar refractivity (Wildman–Crippen MR) is 56.8 cm³/mol. The van der Waals surface area contributed by atoms with Gasteiger partial charge in [0.1, 0.15) is 5.75 Å². The molecule has 0 saturated heterocycles. The molecule has 1 rings (SSSR count). The van der Waals surface area contributed by atoms with Crippen molar-refractivity contribution in [3.8, 4) is 5.75 Å². The van der Waals surface area contributed by atoms with E-state index in [2.05, 4.69) is 0 Å². The molecule has 0 aliphatic rings. The molecule has 0 radical (unpaired) electrons. The molecule has 3 heteroatoms. The highest BCUT2D eigenvalue weighted by atomic mass is 16.5. The lowest BCUT2D eigenvalue weighted by molar-refractivity contribution is 0.101. The van der Waals surface area contributed by atoms with Crippen molar-refractivity contribution < 1.29 is 9.53 Å². The maximum atomic E-state index is 11.4. The Labute approximate surface area is 83.9 Å². The van der Waals surface area contributed by atoms with Crippen molar-refractivity contribution in [2.45, 2.75) is 20.8 Å². The molecule has 1 aromatic rings. The van der Waals surface area contributed by atoms with E-state index >= 15 is 0 Å². The van der Waals surface area contributed by atoms with Crippen LogP contribution in [0.2, 0.25) is 0 Å². The van der Waals surface area contributed by atoms with Crippen molar-refractivity contribution in [1.82, 2.24) is 0 Å². The Hall–Kier alpha value is -1.51. The Morgan fingerprint density at radius 3 is 2.64 bits per heavy atom. The van der Waals surface area contributed by atoms with Gasteiger partial charge in [-0.25, -0.2) is 0 Å². The molecule has 0 heterocycles. The number of rotatable bonds is 3. The summed E-state index contributed by atoms with van der Waals surface area (Å²) >= 11 is 0. The number of ether oxygens (including phenoxy) is 1. The molecule has 0 spiro atoms. The van der Waals surface area contributed by atoms with Crippen molar-refractivity contribution in [2.24, 2.45) is 0 Å². The molecule has 3 nitrogen and oxygen atoms in total. The number of Topliss-reactive ketones (excluding diaryl/α,β-unsaturated/α-hetero) is 1. The fraction of sp³-hybridized carbons (Fsp3) is 0.364. The molecule has 1 aromatic carbocycles.